The Labute approximate surface area is 147 Å². The summed E-state index contributed by atoms with van der Waals surface area (Å²) in [7, 11) is -3.27. The number of nitrogens with one attached hydrogen (secondary N) is 2. The Morgan fingerprint density at radius 1 is 1.32 bits per heavy atom. The molecule has 0 aromatic heterocycles. The highest BCUT2D eigenvalue weighted by Gasteiger charge is 2.44. The molecule has 1 aromatic carbocycles. The van der Waals surface area contributed by atoms with E-state index in [0.717, 1.165) is 12.8 Å². The van der Waals surface area contributed by atoms with Crippen LogP contribution < -0.4 is 10.6 Å². The van der Waals surface area contributed by atoms with Crippen LogP contribution in [-0.2, 0) is 14.8 Å². The second-order valence-corrected chi connectivity index (χ2v) is 9.02. The van der Waals surface area contributed by atoms with Gasteiger partial charge in [0, 0.05) is 24.8 Å². The lowest BCUT2D eigenvalue weighted by molar-refractivity contribution is -0.126. The third kappa shape index (κ3) is 4.12. The molecule has 25 heavy (non-hydrogen) atoms. The smallest absolute Gasteiger partial charge is 0.245 e. The Morgan fingerprint density at radius 3 is 2.56 bits per heavy atom. The molecule has 2 N–H and O–H groups in total. The van der Waals surface area contributed by atoms with Crippen LogP contribution >= 0.6 is 0 Å². The fourth-order valence-corrected chi connectivity index (χ4v) is 4.24. The van der Waals surface area contributed by atoms with E-state index in [2.05, 4.69) is 10.6 Å². The van der Waals surface area contributed by atoms with Crippen molar-refractivity contribution in [3.05, 3.63) is 30.1 Å². The Balaban J connectivity index is 1.79. The van der Waals surface area contributed by atoms with Crippen LogP contribution in [0.5, 0.6) is 0 Å². The largest absolute Gasteiger partial charge is 0.371 e. The number of piperidine rings is 1. The quantitative estimate of drug-likeness (QED) is 0.800. The molecule has 0 radical (unpaired) electrons. The molecular formula is C17H24FN3O3S. The van der Waals surface area contributed by atoms with Crippen molar-refractivity contribution in [2.45, 2.75) is 44.2 Å². The Kier molecular flexibility index (Phi) is 5.02. The lowest BCUT2D eigenvalue weighted by Gasteiger charge is -2.41. The number of carbonyl (C=O) groups is 1. The minimum Gasteiger partial charge on any atom is -0.371 e. The molecule has 1 heterocycles. The van der Waals surface area contributed by atoms with E-state index < -0.39 is 15.6 Å². The third-order valence-electron chi connectivity index (χ3n) is 4.89. The van der Waals surface area contributed by atoms with Crippen molar-refractivity contribution in [1.29, 1.82) is 0 Å². The zero-order valence-corrected chi connectivity index (χ0v) is 15.1. The number of rotatable bonds is 6. The standard InChI is InChI=1S/C17H24FN3O3S/c1-2-25(23,24)21-10-8-17(9-11-21,16(22)19-14-6-7-14)20-15-5-3-4-13(18)12-15/h3-5,12,14,20H,2,6-11H2,1H3,(H,19,22). The van der Waals surface area contributed by atoms with Crippen molar-refractivity contribution >= 4 is 21.6 Å². The minimum absolute atomic E-state index is 0.0472. The van der Waals surface area contributed by atoms with Gasteiger partial charge in [0.2, 0.25) is 15.9 Å². The van der Waals surface area contributed by atoms with Crippen molar-refractivity contribution in [3.63, 3.8) is 0 Å². The van der Waals surface area contributed by atoms with Crippen LogP contribution in [0.15, 0.2) is 24.3 Å². The number of nitrogens with zero attached hydrogens (tertiary/aromatic N) is 1. The summed E-state index contributed by atoms with van der Waals surface area (Å²) in [6, 6.07) is 6.20. The van der Waals surface area contributed by atoms with Gasteiger partial charge in [-0.1, -0.05) is 6.07 Å². The van der Waals surface area contributed by atoms with E-state index >= 15 is 0 Å². The van der Waals surface area contributed by atoms with Gasteiger partial charge in [-0.05, 0) is 50.8 Å². The normalized spacial score (nSPS) is 20.9. The van der Waals surface area contributed by atoms with Gasteiger partial charge in [-0.3, -0.25) is 4.79 Å². The van der Waals surface area contributed by atoms with Gasteiger partial charge in [0.1, 0.15) is 11.4 Å². The summed E-state index contributed by atoms with van der Waals surface area (Å²) >= 11 is 0. The first-order valence-electron chi connectivity index (χ1n) is 8.67. The van der Waals surface area contributed by atoms with Crippen LogP contribution in [0.1, 0.15) is 32.6 Å². The predicted molar refractivity (Wildman–Crippen MR) is 94.2 cm³/mol. The molecule has 8 heteroatoms. The highest BCUT2D eigenvalue weighted by atomic mass is 32.2. The first-order chi connectivity index (χ1) is 11.8. The molecule has 1 amide bonds. The van der Waals surface area contributed by atoms with E-state index in [9.17, 15) is 17.6 Å². The summed E-state index contributed by atoms with van der Waals surface area (Å²) in [4.78, 5) is 12.9. The average molecular weight is 369 g/mol. The molecule has 138 valence electrons. The molecule has 1 aromatic rings. The average Bonchev–Trinajstić information content (AvgIpc) is 3.39. The summed E-state index contributed by atoms with van der Waals surface area (Å²) in [6.45, 7) is 2.16. The molecule has 1 aliphatic carbocycles. The predicted octanol–water partition coefficient (Wildman–Crippen LogP) is 1.70. The first-order valence-corrected chi connectivity index (χ1v) is 10.3. The Hall–Kier alpha value is -1.67. The van der Waals surface area contributed by atoms with Crippen molar-refractivity contribution in [2.24, 2.45) is 0 Å². The van der Waals surface area contributed by atoms with E-state index in [1.165, 1.54) is 16.4 Å². The van der Waals surface area contributed by atoms with Crippen LogP contribution in [0.4, 0.5) is 10.1 Å². The molecule has 6 nitrogen and oxygen atoms in total. The number of carbonyl (C=O) groups excluding carboxylic acids is 1. The van der Waals surface area contributed by atoms with Gasteiger partial charge in [-0.2, -0.15) is 0 Å². The SMILES string of the molecule is CCS(=O)(=O)N1CCC(Nc2cccc(F)c2)(C(=O)NC2CC2)CC1. The van der Waals surface area contributed by atoms with Crippen molar-refractivity contribution < 1.29 is 17.6 Å². The lowest BCUT2D eigenvalue weighted by atomic mass is 9.86. The van der Waals surface area contributed by atoms with E-state index in [1.807, 2.05) is 0 Å². The van der Waals surface area contributed by atoms with Gasteiger partial charge in [-0.15, -0.1) is 0 Å². The molecule has 2 aliphatic rings. The Bertz CT molecular complexity index is 741. The highest BCUT2D eigenvalue weighted by molar-refractivity contribution is 7.89. The molecule has 1 saturated carbocycles. The van der Waals surface area contributed by atoms with Crippen molar-refractivity contribution in [1.82, 2.24) is 9.62 Å². The van der Waals surface area contributed by atoms with Crippen molar-refractivity contribution in [2.75, 3.05) is 24.2 Å². The van der Waals surface area contributed by atoms with E-state index in [1.54, 1.807) is 19.1 Å². The van der Waals surface area contributed by atoms with E-state index in [0.29, 0.717) is 18.5 Å². The summed E-state index contributed by atoms with van der Waals surface area (Å²) in [6.07, 6.45) is 2.64. The monoisotopic (exact) mass is 369 g/mol. The summed E-state index contributed by atoms with van der Waals surface area (Å²) in [5, 5.41) is 6.19. The van der Waals surface area contributed by atoms with Crippen molar-refractivity contribution in [3.8, 4) is 0 Å². The summed E-state index contributed by atoms with van der Waals surface area (Å²) in [5.41, 5.74) is -0.395. The fourth-order valence-electron chi connectivity index (χ4n) is 3.13. The molecule has 1 aliphatic heterocycles. The Morgan fingerprint density at radius 2 is 2.00 bits per heavy atom. The maximum absolute atomic E-state index is 13.5. The number of sulfonamides is 1. The maximum Gasteiger partial charge on any atom is 0.245 e. The number of anilines is 1. The number of hydrogen-bond acceptors (Lipinski definition) is 4. The fraction of sp³-hybridized carbons (Fsp3) is 0.588. The molecule has 0 spiro atoms. The second kappa shape index (κ2) is 6.92. The maximum atomic E-state index is 13.5. The van der Waals surface area contributed by atoms with Crippen LogP contribution in [-0.4, -0.2) is 49.1 Å². The first kappa shape index (κ1) is 18.1. The van der Waals surface area contributed by atoms with Gasteiger partial charge in [0.25, 0.3) is 0 Å². The van der Waals surface area contributed by atoms with Crippen LogP contribution in [0.3, 0.4) is 0 Å². The lowest BCUT2D eigenvalue weighted by Crippen LogP contribution is -2.59. The molecule has 0 atom stereocenters. The van der Waals surface area contributed by atoms with Crippen LogP contribution in [0, 0.1) is 5.82 Å². The van der Waals surface area contributed by atoms with Gasteiger partial charge in [0.15, 0.2) is 0 Å². The summed E-state index contributed by atoms with van der Waals surface area (Å²) in [5.74, 6) is -0.465. The topological polar surface area (TPSA) is 78.5 Å². The van der Waals surface area contributed by atoms with Gasteiger partial charge < -0.3 is 10.6 Å². The number of hydrogen-bond donors (Lipinski definition) is 2. The molecule has 0 unspecified atom stereocenters. The van der Waals surface area contributed by atoms with Gasteiger partial charge in [0.05, 0.1) is 5.75 Å². The summed E-state index contributed by atoms with van der Waals surface area (Å²) < 4.78 is 39.1. The van der Waals surface area contributed by atoms with E-state index in [4.69, 9.17) is 0 Å². The highest BCUT2D eigenvalue weighted by Crippen LogP contribution is 2.30. The van der Waals surface area contributed by atoms with Crippen LogP contribution in [0.25, 0.3) is 0 Å². The van der Waals surface area contributed by atoms with E-state index in [-0.39, 0.29) is 36.6 Å². The minimum atomic E-state index is -3.27. The third-order valence-corrected chi connectivity index (χ3v) is 6.77. The zero-order valence-electron chi connectivity index (χ0n) is 14.3. The second-order valence-electron chi connectivity index (χ2n) is 6.76. The number of halogens is 1. The zero-order chi connectivity index (χ0) is 18.1. The van der Waals surface area contributed by atoms with Gasteiger partial charge >= 0.3 is 0 Å². The van der Waals surface area contributed by atoms with Crippen LogP contribution in [0.2, 0.25) is 0 Å². The number of amides is 1. The number of benzene rings is 1. The van der Waals surface area contributed by atoms with Gasteiger partial charge in [-0.25, -0.2) is 17.1 Å². The molecule has 3 rings (SSSR count). The molecule has 0 bridgehead atoms. The molecule has 1 saturated heterocycles. The molecular weight excluding hydrogens is 345 g/mol. The molecule has 2 fully saturated rings.